The lowest BCUT2D eigenvalue weighted by Crippen LogP contribution is -2.39. The maximum absolute atomic E-state index is 13.1. The molecule has 1 fully saturated rings. The zero-order valence-corrected chi connectivity index (χ0v) is 16.2. The van der Waals surface area contributed by atoms with Gasteiger partial charge in [-0.15, -0.1) is 0 Å². The van der Waals surface area contributed by atoms with Gasteiger partial charge in [0.05, 0.1) is 12.8 Å². The summed E-state index contributed by atoms with van der Waals surface area (Å²) in [7, 11) is 1.21. The quantitative estimate of drug-likeness (QED) is 0.673. The molecule has 29 heavy (non-hydrogen) atoms. The van der Waals surface area contributed by atoms with Gasteiger partial charge in [0.2, 0.25) is 11.8 Å². The van der Waals surface area contributed by atoms with Crippen molar-refractivity contribution in [2.45, 2.75) is 11.7 Å². The molecule has 0 spiro atoms. The van der Waals surface area contributed by atoms with Gasteiger partial charge in [-0.05, 0) is 48.2 Å². The Hall–Kier alpha value is -3.20. The number of esters is 1. The van der Waals surface area contributed by atoms with E-state index in [-0.39, 0.29) is 18.7 Å². The monoisotopic (exact) mass is 416 g/mol. The number of nitrogens with zero attached hydrogens (tertiary/aromatic N) is 2. The van der Waals surface area contributed by atoms with Crippen molar-refractivity contribution in [2.24, 2.45) is 0 Å². The molecule has 1 aliphatic heterocycles. The standard InChI is InChI=1S/C20H17FN2O5S/c1-28-18(25)12-22(14-5-3-2-4-6-14)17(24)11-16-19(26)23(20(27)29-16)15-9-7-13(21)8-10-15/h2-10,16H,11-12H2,1H3. The van der Waals surface area contributed by atoms with Crippen molar-refractivity contribution < 1.29 is 28.3 Å². The second kappa shape index (κ2) is 8.87. The summed E-state index contributed by atoms with van der Waals surface area (Å²) in [5, 5.41) is -1.48. The van der Waals surface area contributed by atoms with Gasteiger partial charge < -0.3 is 9.64 Å². The Morgan fingerprint density at radius 1 is 1.10 bits per heavy atom. The highest BCUT2D eigenvalue weighted by atomic mass is 32.2. The Bertz CT molecular complexity index is 936. The number of amides is 3. The number of halogens is 1. The van der Waals surface area contributed by atoms with E-state index in [1.807, 2.05) is 0 Å². The lowest BCUT2D eigenvalue weighted by atomic mass is 10.2. The van der Waals surface area contributed by atoms with Crippen LogP contribution in [0.5, 0.6) is 0 Å². The minimum Gasteiger partial charge on any atom is -0.468 e. The van der Waals surface area contributed by atoms with Crippen molar-refractivity contribution in [1.29, 1.82) is 0 Å². The van der Waals surface area contributed by atoms with Gasteiger partial charge in [-0.1, -0.05) is 18.2 Å². The van der Waals surface area contributed by atoms with Crippen LogP contribution in [0.4, 0.5) is 20.6 Å². The van der Waals surface area contributed by atoms with Crippen molar-refractivity contribution in [3.05, 3.63) is 60.4 Å². The first-order valence-corrected chi connectivity index (χ1v) is 9.51. The second-order valence-corrected chi connectivity index (χ2v) is 7.27. The highest BCUT2D eigenvalue weighted by molar-refractivity contribution is 8.15. The van der Waals surface area contributed by atoms with Crippen LogP contribution in [0.1, 0.15) is 6.42 Å². The van der Waals surface area contributed by atoms with Crippen LogP contribution in [0.15, 0.2) is 54.6 Å². The van der Waals surface area contributed by atoms with Crippen LogP contribution in [0.2, 0.25) is 0 Å². The van der Waals surface area contributed by atoms with E-state index in [0.717, 1.165) is 28.8 Å². The SMILES string of the molecule is COC(=O)CN(C(=O)CC1SC(=O)N(c2ccc(F)cc2)C1=O)c1ccccc1. The fourth-order valence-electron chi connectivity index (χ4n) is 2.80. The third-order valence-electron chi connectivity index (χ3n) is 4.25. The first kappa shape index (κ1) is 20.5. The molecule has 9 heteroatoms. The Morgan fingerprint density at radius 3 is 2.38 bits per heavy atom. The number of imide groups is 1. The van der Waals surface area contributed by atoms with Gasteiger partial charge >= 0.3 is 5.97 Å². The van der Waals surface area contributed by atoms with Crippen molar-refractivity contribution >= 4 is 46.2 Å². The molecule has 0 bridgehead atoms. The van der Waals surface area contributed by atoms with Crippen LogP contribution in [-0.4, -0.2) is 41.9 Å². The van der Waals surface area contributed by atoms with E-state index in [1.54, 1.807) is 30.3 Å². The third-order valence-corrected chi connectivity index (χ3v) is 5.29. The molecule has 1 aliphatic rings. The van der Waals surface area contributed by atoms with E-state index in [4.69, 9.17) is 0 Å². The zero-order chi connectivity index (χ0) is 21.0. The minimum absolute atomic E-state index is 0.235. The van der Waals surface area contributed by atoms with Gasteiger partial charge in [-0.2, -0.15) is 0 Å². The molecule has 0 aromatic heterocycles. The molecule has 3 rings (SSSR count). The summed E-state index contributed by atoms with van der Waals surface area (Å²) in [6, 6.07) is 13.4. The van der Waals surface area contributed by atoms with E-state index in [1.165, 1.54) is 24.1 Å². The van der Waals surface area contributed by atoms with Crippen LogP contribution in [0.25, 0.3) is 0 Å². The van der Waals surface area contributed by atoms with Crippen LogP contribution in [-0.2, 0) is 19.1 Å². The van der Waals surface area contributed by atoms with E-state index in [9.17, 15) is 23.6 Å². The molecule has 2 aromatic carbocycles. The van der Waals surface area contributed by atoms with Gasteiger partial charge in [-0.3, -0.25) is 19.2 Å². The van der Waals surface area contributed by atoms with Gasteiger partial charge in [0.25, 0.3) is 5.24 Å². The van der Waals surface area contributed by atoms with Crippen LogP contribution in [0, 0.1) is 5.82 Å². The largest absolute Gasteiger partial charge is 0.468 e. The lowest BCUT2D eigenvalue weighted by Gasteiger charge is -2.22. The molecule has 1 unspecified atom stereocenters. The minimum atomic E-state index is -0.941. The number of hydrogen-bond acceptors (Lipinski definition) is 6. The Balaban J connectivity index is 1.77. The summed E-state index contributed by atoms with van der Waals surface area (Å²) < 4.78 is 17.8. The molecule has 3 amide bonds. The van der Waals surface area contributed by atoms with Gasteiger partial charge in [0.1, 0.15) is 17.6 Å². The van der Waals surface area contributed by atoms with E-state index in [2.05, 4.69) is 4.74 Å². The highest BCUT2D eigenvalue weighted by Crippen LogP contribution is 2.34. The Morgan fingerprint density at radius 2 is 1.76 bits per heavy atom. The number of ether oxygens (including phenoxy) is 1. The van der Waals surface area contributed by atoms with Gasteiger partial charge in [-0.25, -0.2) is 9.29 Å². The molecule has 1 heterocycles. The highest BCUT2D eigenvalue weighted by Gasteiger charge is 2.42. The molecular formula is C20H17FN2O5S. The number of para-hydroxylation sites is 1. The summed E-state index contributed by atoms with van der Waals surface area (Å²) in [4.78, 5) is 51.7. The normalized spacial score (nSPS) is 16.1. The average Bonchev–Trinajstić information content (AvgIpc) is 3.00. The number of methoxy groups -OCH3 is 1. The number of carbonyl (C=O) groups is 4. The zero-order valence-electron chi connectivity index (χ0n) is 15.4. The van der Waals surface area contributed by atoms with Crippen molar-refractivity contribution in [1.82, 2.24) is 0 Å². The molecule has 7 nitrogen and oxygen atoms in total. The molecule has 0 N–H and O–H groups in total. The smallest absolute Gasteiger partial charge is 0.325 e. The van der Waals surface area contributed by atoms with Crippen LogP contribution in [0.3, 0.4) is 0 Å². The fourth-order valence-corrected chi connectivity index (χ4v) is 3.78. The summed E-state index contributed by atoms with van der Waals surface area (Å²) in [5.74, 6) is -2.17. The Labute approximate surface area is 170 Å². The van der Waals surface area contributed by atoms with Crippen molar-refractivity contribution in [3.63, 3.8) is 0 Å². The fraction of sp³-hybridized carbons (Fsp3) is 0.200. The first-order chi connectivity index (χ1) is 13.9. The van der Waals surface area contributed by atoms with Crippen molar-refractivity contribution in [3.8, 4) is 0 Å². The number of benzene rings is 2. The second-order valence-electron chi connectivity index (χ2n) is 6.12. The maximum atomic E-state index is 13.1. The molecule has 0 saturated carbocycles. The van der Waals surface area contributed by atoms with E-state index < -0.39 is 34.1 Å². The molecular weight excluding hydrogens is 399 g/mol. The number of carbonyl (C=O) groups excluding carboxylic acids is 4. The maximum Gasteiger partial charge on any atom is 0.325 e. The molecule has 1 atom stereocenters. The summed E-state index contributed by atoms with van der Waals surface area (Å²) >= 11 is 0.726. The number of thioether (sulfide) groups is 1. The average molecular weight is 416 g/mol. The number of hydrogen-bond donors (Lipinski definition) is 0. The Kier molecular flexibility index (Phi) is 6.28. The molecule has 2 aromatic rings. The predicted octanol–water partition coefficient (Wildman–Crippen LogP) is 2.99. The van der Waals surface area contributed by atoms with Crippen LogP contribution < -0.4 is 9.80 Å². The summed E-state index contributed by atoms with van der Waals surface area (Å²) in [6.07, 6.45) is -0.279. The predicted molar refractivity (Wildman–Crippen MR) is 106 cm³/mol. The molecule has 0 radical (unpaired) electrons. The number of rotatable bonds is 6. The third kappa shape index (κ3) is 4.62. The van der Waals surface area contributed by atoms with Gasteiger partial charge in [0.15, 0.2) is 0 Å². The van der Waals surface area contributed by atoms with Crippen LogP contribution >= 0.6 is 11.8 Å². The first-order valence-electron chi connectivity index (χ1n) is 8.63. The topological polar surface area (TPSA) is 84.0 Å². The summed E-state index contributed by atoms with van der Waals surface area (Å²) in [5.41, 5.74) is 0.707. The number of anilines is 2. The van der Waals surface area contributed by atoms with E-state index in [0.29, 0.717) is 5.69 Å². The van der Waals surface area contributed by atoms with E-state index >= 15 is 0 Å². The lowest BCUT2D eigenvalue weighted by molar-refractivity contribution is -0.140. The van der Waals surface area contributed by atoms with Crippen molar-refractivity contribution in [2.75, 3.05) is 23.5 Å². The molecule has 1 saturated heterocycles. The molecule has 150 valence electrons. The van der Waals surface area contributed by atoms with Gasteiger partial charge in [0, 0.05) is 12.1 Å². The molecule has 0 aliphatic carbocycles. The summed E-state index contributed by atoms with van der Waals surface area (Å²) in [6.45, 7) is -0.319.